The normalized spacial score (nSPS) is 28.6. The molecule has 0 saturated carbocycles. The first-order valence-corrected chi connectivity index (χ1v) is 7.18. The fourth-order valence-electron chi connectivity index (χ4n) is 2.93. The summed E-state index contributed by atoms with van der Waals surface area (Å²) in [4.78, 5) is 23.6. The molecule has 1 N–H and O–H groups in total. The van der Waals surface area contributed by atoms with Crippen LogP contribution < -0.4 is 15.2 Å². The van der Waals surface area contributed by atoms with Crippen molar-refractivity contribution in [1.29, 1.82) is 0 Å². The van der Waals surface area contributed by atoms with E-state index in [0.717, 1.165) is 0 Å². The maximum atomic E-state index is 12.4. The van der Waals surface area contributed by atoms with Crippen LogP contribution in [0, 0.1) is 11.8 Å². The molecule has 0 aliphatic carbocycles. The molecule has 0 spiro atoms. The number of hydrogen-bond donors (Lipinski definition) is 1. The van der Waals surface area contributed by atoms with Crippen molar-refractivity contribution in [2.75, 3.05) is 11.9 Å². The number of rotatable bonds is 5. The summed E-state index contributed by atoms with van der Waals surface area (Å²) in [5.41, 5.74) is 0.581. The van der Waals surface area contributed by atoms with Crippen LogP contribution in [0.5, 0.6) is 5.75 Å². The van der Waals surface area contributed by atoms with Gasteiger partial charge in [0.05, 0.1) is 24.7 Å². The summed E-state index contributed by atoms with van der Waals surface area (Å²) in [7, 11) is 0. The zero-order valence-electron chi connectivity index (χ0n) is 12.0. The van der Waals surface area contributed by atoms with Crippen LogP contribution in [0.2, 0.25) is 0 Å². The minimum absolute atomic E-state index is 0.379. The molecule has 6 nitrogen and oxygen atoms in total. The molecular weight excluding hydrogens is 286 g/mol. The third kappa shape index (κ3) is 2.57. The van der Waals surface area contributed by atoms with Gasteiger partial charge in [0, 0.05) is 17.6 Å². The Balaban J connectivity index is 1.71. The average Bonchev–Trinajstić information content (AvgIpc) is 3.10. The first-order valence-electron chi connectivity index (χ1n) is 7.18. The number of ether oxygens (including phenoxy) is 2. The molecule has 1 amide bonds. The molecule has 4 atom stereocenters. The lowest BCUT2D eigenvalue weighted by Crippen LogP contribution is -2.45. The second kappa shape index (κ2) is 5.81. The lowest BCUT2D eigenvalue weighted by atomic mass is 9.82. The maximum Gasteiger partial charge on any atom is 0.231 e. The highest BCUT2D eigenvalue weighted by Crippen LogP contribution is 2.39. The second-order valence-corrected chi connectivity index (χ2v) is 5.27. The molecule has 0 unspecified atom stereocenters. The van der Waals surface area contributed by atoms with Crippen LogP contribution in [0.4, 0.5) is 5.69 Å². The number of carbonyl (C=O) groups excluding carboxylic acids is 2. The Kier molecular flexibility index (Phi) is 3.85. The van der Waals surface area contributed by atoms with Crippen LogP contribution in [0.15, 0.2) is 36.4 Å². The van der Waals surface area contributed by atoms with Crippen LogP contribution in [0.3, 0.4) is 0 Å². The standard InChI is InChI=1S/C16H17NO5/c1-2-21-10-5-3-9(4-6-10)17-15(18)13-11-7-8-12(22-11)14(13)16(19)20/h3-8,11-14H,2H2,1H3,(H,17,18)(H,19,20)/p-1/t11-,12+,13+,14+/m1/s1. The average molecular weight is 302 g/mol. The fraction of sp³-hybridized carbons (Fsp3) is 0.375. The van der Waals surface area contributed by atoms with Crippen molar-refractivity contribution in [2.45, 2.75) is 19.1 Å². The van der Waals surface area contributed by atoms with Gasteiger partial charge in [0.25, 0.3) is 0 Å². The van der Waals surface area contributed by atoms with Gasteiger partial charge in [-0.05, 0) is 31.2 Å². The summed E-state index contributed by atoms with van der Waals surface area (Å²) in [6, 6.07) is 6.90. The lowest BCUT2D eigenvalue weighted by molar-refractivity contribution is -0.313. The Morgan fingerprint density at radius 2 is 1.82 bits per heavy atom. The minimum Gasteiger partial charge on any atom is -0.550 e. The highest BCUT2D eigenvalue weighted by atomic mass is 16.5. The second-order valence-electron chi connectivity index (χ2n) is 5.27. The van der Waals surface area contributed by atoms with E-state index in [1.807, 2.05) is 6.92 Å². The Morgan fingerprint density at radius 3 is 2.41 bits per heavy atom. The van der Waals surface area contributed by atoms with Crippen LogP contribution in [-0.4, -0.2) is 30.7 Å². The van der Waals surface area contributed by atoms with E-state index in [2.05, 4.69) is 5.32 Å². The van der Waals surface area contributed by atoms with E-state index < -0.39 is 30.0 Å². The highest BCUT2D eigenvalue weighted by molar-refractivity contribution is 5.96. The van der Waals surface area contributed by atoms with Crippen molar-refractivity contribution < 1.29 is 24.2 Å². The van der Waals surface area contributed by atoms with Crippen LogP contribution in [0.1, 0.15) is 6.92 Å². The number of hydrogen-bond acceptors (Lipinski definition) is 5. The highest BCUT2D eigenvalue weighted by Gasteiger charge is 2.50. The molecule has 3 rings (SSSR count). The number of nitrogens with one attached hydrogen (secondary N) is 1. The Bertz CT molecular complexity index is 609. The molecule has 2 heterocycles. The van der Waals surface area contributed by atoms with Gasteiger partial charge in [0.15, 0.2) is 0 Å². The first-order chi connectivity index (χ1) is 10.6. The van der Waals surface area contributed by atoms with E-state index in [0.29, 0.717) is 18.0 Å². The molecule has 6 heteroatoms. The van der Waals surface area contributed by atoms with Crippen molar-refractivity contribution in [3.63, 3.8) is 0 Å². The van der Waals surface area contributed by atoms with Crippen molar-refractivity contribution in [1.82, 2.24) is 0 Å². The summed E-state index contributed by atoms with van der Waals surface area (Å²) in [5, 5.41) is 14.0. The monoisotopic (exact) mass is 302 g/mol. The molecule has 1 aromatic rings. The first kappa shape index (κ1) is 14.6. The van der Waals surface area contributed by atoms with E-state index in [4.69, 9.17) is 9.47 Å². The van der Waals surface area contributed by atoms with E-state index in [9.17, 15) is 14.7 Å². The van der Waals surface area contributed by atoms with Crippen molar-refractivity contribution in [3.8, 4) is 5.75 Å². The zero-order chi connectivity index (χ0) is 15.7. The van der Waals surface area contributed by atoms with Crippen molar-refractivity contribution >= 4 is 17.6 Å². The summed E-state index contributed by atoms with van der Waals surface area (Å²) in [6.07, 6.45) is 2.32. The molecule has 22 heavy (non-hydrogen) atoms. The Labute approximate surface area is 127 Å². The van der Waals surface area contributed by atoms with E-state index in [1.54, 1.807) is 36.4 Å². The fourth-order valence-corrected chi connectivity index (χ4v) is 2.93. The van der Waals surface area contributed by atoms with Crippen molar-refractivity contribution in [2.24, 2.45) is 11.8 Å². The molecule has 2 aliphatic heterocycles. The van der Waals surface area contributed by atoms with E-state index >= 15 is 0 Å². The lowest BCUT2D eigenvalue weighted by Gasteiger charge is -2.25. The van der Waals surface area contributed by atoms with Gasteiger partial charge in [-0.25, -0.2) is 0 Å². The summed E-state index contributed by atoms with van der Waals surface area (Å²) < 4.78 is 10.8. The third-order valence-corrected chi connectivity index (χ3v) is 3.91. The molecular formula is C16H16NO5-. The minimum atomic E-state index is -1.26. The van der Waals surface area contributed by atoms with E-state index in [-0.39, 0.29) is 5.91 Å². The van der Waals surface area contributed by atoms with Gasteiger partial charge >= 0.3 is 0 Å². The summed E-state index contributed by atoms with van der Waals surface area (Å²) in [5.74, 6) is -2.65. The van der Waals surface area contributed by atoms with Crippen LogP contribution >= 0.6 is 0 Å². The number of fused-ring (bicyclic) bond motifs is 2. The Hall–Kier alpha value is -2.34. The van der Waals surface area contributed by atoms with Gasteiger partial charge < -0.3 is 24.7 Å². The van der Waals surface area contributed by atoms with Gasteiger partial charge in [-0.1, -0.05) is 12.2 Å². The van der Waals surface area contributed by atoms with Gasteiger partial charge in [-0.2, -0.15) is 0 Å². The van der Waals surface area contributed by atoms with Crippen LogP contribution in [0.25, 0.3) is 0 Å². The SMILES string of the molecule is CCOc1ccc(NC(=O)[C@@H]2[C@@H](C(=O)[O-])[C@@H]3C=C[C@H]2O3)cc1. The number of amides is 1. The summed E-state index contributed by atoms with van der Waals surface area (Å²) in [6.45, 7) is 2.45. The van der Waals surface area contributed by atoms with Gasteiger partial charge in [0.1, 0.15) is 5.75 Å². The molecule has 1 saturated heterocycles. The smallest absolute Gasteiger partial charge is 0.231 e. The molecule has 116 valence electrons. The topological polar surface area (TPSA) is 87.7 Å². The number of carboxylic acids is 1. The number of carbonyl (C=O) groups is 2. The Morgan fingerprint density at radius 1 is 1.18 bits per heavy atom. The molecule has 0 aromatic heterocycles. The zero-order valence-corrected chi connectivity index (χ0v) is 12.0. The molecule has 1 aromatic carbocycles. The molecule has 0 radical (unpaired) electrons. The number of benzene rings is 1. The largest absolute Gasteiger partial charge is 0.550 e. The van der Waals surface area contributed by atoms with Crippen LogP contribution in [-0.2, 0) is 14.3 Å². The summed E-state index contributed by atoms with van der Waals surface area (Å²) >= 11 is 0. The maximum absolute atomic E-state index is 12.4. The predicted molar refractivity (Wildman–Crippen MR) is 76.0 cm³/mol. The number of carboxylic acid groups (broad SMARTS) is 1. The predicted octanol–water partition coefficient (Wildman–Crippen LogP) is 0.343. The third-order valence-electron chi connectivity index (χ3n) is 3.91. The molecule has 1 fully saturated rings. The van der Waals surface area contributed by atoms with Crippen molar-refractivity contribution in [3.05, 3.63) is 36.4 Å². The van der Waals surface area contributed by atoms with Gasteiger partial charge in [-0.15, -0.1) is 0 Å². The van der Waals surface area contributed by atoms with E-state index in [1.165, 1.54) is 0 Å². The molecule has 2 aliphatic rings. The number of anilines is 1. The number of aliphatic carboxylic acids is 1. The quantitative estimate of drug-likeness (QED) is 0.793. The van der Waals surface area contributed by atoms with Gasteiger partial charge in [-0.3, -0.25) is 4.79 Å². The molecule has 2 bridgehead atoms. The van der Waals surface area contributed by atoms with Gasteiger partial charge in [0.2, 0.25) is 5.91 Å².